The maximum absolute atomic E-state index is 11.9. The minimum atomic E-state index is -0.308. The molecule has 1 aliphatic rings. The van der Waals surface area contributed by atoms with E-state index in [9.17, 15) is 9.59 Å². The van der Waals surface area contributed by atoms with Crippen molar-refractivity contribution in [2.75, 3.05) is 25.5 Å². The van der Waals surface area contributed by atoms with Gasteiger partial charge in [-0.25, -0.2) is 4.68 Å². The van der Waals surface area contributed by atoms with Crippen LogP contribution in [0.25, 0.3) is 0 Å². The van der Waals surface area contributed by atoms with Crippen LogP contribution in [-0.4, -0.2) is 47.1 Å². The lowest BCUT2D eigenvalue weighted by molar-refractivity contribution is 0.112. The average Bonchev–Trinajstić information content (AvgIpc) is 2.62. The summed E-state index contributed by atoms with van der Waals surface area (Å²) in [6.07, 6.45) is 3.36. The Morgan fingerprint density at radius 1 is 1.24 bits per heavy atom. The molecule has 3 rings (SSSR count). The van der Waals surface area contributed by atoms with Crippen LogP contribution >= 0.6 is 11.6 Å². The van der Waals surface area contributed by atoms with Crippen molar-refractivity contribution in [2.24, 2.45) is 7.05 Å². The zero-order chi connectivity index (χ0) is 18.0. The molecule has 0 aliphatic carbocycles. The molecule has 25 heavy (non-hydrogen) atoms. The van der Waals surface area contributed by atoms with Crippen LogP contribution in [0.15, 0.2) is 35.3 Å². The van der Waals surface area contributed by atoms with E-state index in [0.29, 0.717) is 17.2 Å². The third-order valence-electron chi connectivity index (χ3n) is 4.61. The molecule has 0 spiro atoms. The minimum absolute atomic E-state index is 0.154. The topological polar surface area (TPSA) is 67.2 Å². The Balaban J connectivity index is 1.77. The summed E-state index contributed by atoms with van der Waals surface area (Å²) in [5.41, 5.74) is 2.15. The van der Waals surface area contributed by atoms with Crippen LogP contribution in [-0.2, 0) is 7.05 Å². The second-order valence-corrected chi connectivity index (χ2v) is 6.96. The molecule has 2 atom stereocenters. The van der Waals surface area contributed by atoms with Crippen molar-refractivity contribution in [1.82, 2.24) is 14.7 Å². The molecule has 1 aromatic heterocycles. The number of likely N-dealkylation sites (tertiary alicyclic amines) is 1. The molecule has 0 saturated carbocycles. The number of aryl methyl sites for hydroxylation is 1. The molecule has 6 nitrogen and oxygen atoms in total. The maximum atomic E-state index is 11.9. The fourth-order valence-corrected chi connectivity index (χ4v) is 3.57. The lowest BCUT2D eigenvalue weighted by Gasteiger charge is -2.36. The van der Waals surface area contributed by atoms with Crippen molar-refractivity contribution >= 4 is 23.6 Å². The van der Waals surface area contributed by atoms with Gasteiger partial charge in [0.1, 0.15) is 11.3 Å². The average molecular weight is 361 g/mol. The molecule has 1 aliphatic heterocycles. The summed E-state index contributed by atoms with van der Waals surface area (Å²) in [4.78, 5) is 25.0. The Labute approximate surface area is 151 Å². The number of carbonyl (C=O) groups is 1. The highest BCUT2D eigenvalue weighted by atomic mass is 35.5. The van der Waals surface area contributed by atoms with E-state index in [1.807, 2.05) is 24.3 Å². The molecule has 0 amide bonds. The third kappa shape index (κ3) is 3.91. The van der Waals surface area contributed by atoms with E-state index in [2.05, 4.69) is 22.4 Å². The number of hydrogen-bond donors (Lipinski definition) is 1. The highest BCUT2D eigenvalue weighted by Gasteiger charge is 2.27. The van der Waals surface area contributed by atoms with E-state index in [1.165, 1.54) is 10.2 Å². The molecule has 0 radical (unpaired) electrons. The van der Waals surface area contributed by atoms with Crippen molar-refractivity contribution in [2.45, 2.75) is 18.4 Å². The number of nitrogens with zero attached hydrogens (tertiary/aromatic N) is 3. The zero-order valence-electron chi connectivity index (χ0n) is 14.3. The van der Waals surface area contributed by atoms with Gasteiger partial charge in [0, 0.05) is 31.7 Å². The summed E-state index contributed by atoms with van der Waals surface area (Å²) < 4.78 is 1.22. The number of benzene rings is 1. The van der Waals surface area contributed by atoms with Crippen molar-refractivity contribution in [3.05, 3.63) is 57.0 Å². The van der Waals surface area contributed by atoms with Crippen LogP contribution in [0.5, 0.6) is 0 Å². The summed E-state index contributed by atoms with van der Waals surface area (Å²) in [6.45, 7) is 1.80. The lowest BCUT2D eigenvalue weighted by atomic mass is 9.88. The smallest absolute Gasteiger partial charge is 0.287 e. The van der Waals surface area contributed by atoms with Crippen molar-refractivity contribution in [3.63, 3.8) is 0 Å². The molecule has 0 unspecified atom stereocenters. The van der Waals surface area contributed by atoms with E-state index in [0.717, 1.165) is 25.8 Å². The summed E-state index contributed by atoms with van der Waals surface area (Å²) in [5.74, 6) is 0.343. The Morgan fingerprint density at radius 3 is 2.64 bits per heavy atom. The van der Waals surface area contributed by atoms with Gasteiger partial charge in [0.05, 0.1) is 11.9 Å². The summed E-state index contributed by atoms with van der Waals surface area (Å²) in [6, 6.07) is 7.87. The predicted molar refractivity (Wildman–Crippen MR) is 98.6 cm³/mol. The highest BCUT2D eigenvalue weighted by Crippen LogP contribution is 2.29. The second kappa shape index (κ2) is 7.37. The quantitative estimate of drug-likeness (QED) is 0.846. The van der Waals surface area contributed by atoms with E-state index in [1.54, 1.807) is 13.2 Å². The van der Waals surface area contributed by atoms with Gasteiger partial charge in [0.25, 0.3) is 5.56 Å². The second-order valence-electron chi connectivity index (χ2n) is 6.58. The van der Waals surface area contributed by atoms with Gasteiger partial charge in [-0.05, 0) is 24.9 Å². The van der Waals surface area contributed by atoms with Gasteiger partial charge in [-0.2, -0.15) is 5.10 Å². The number of aromatic nitrogens is 2. The van der Waals surface area contributed by atoms with E-state index in [4.69, 9.17) is 11.6 Å². The molecule has 1 aromatic carbocycles. The SMILES string of the molecule is CN1C[C@H](Nc2cnn(C)c(=O)c2Cl)C[C@H](c2ccc(C=O)cc2)C1. The molecular weight excluding hydrogens is 340 g/mol. The predicted octanol–water partition coefficient (Wildman–Crippen LogP) is 2.15. The van der Waals surface area contributed by atoms with E-state index < -0.39 is 0 Å². The first-order valence-electron chi connectivity index (χ1n) is 8.20. The third-order valence-corrected chi connectivity index (χ3v) is 4.98. The number of piperidine rings is 1. The number of nitrogens with one attached hydrogen (secondary N) is 1. The molecular formula is C18H21ClN4O2. The first-order chi connectivity index (χ1) is 12.0. The fraction of sp³-hybridized carbons (Fsp3) is 0.389. The molecule has 1 N–H and O–H groups in total. The number of anilines is 1. The molecule has 7 heteroatoms. The maximum Gasteiger partial charge on any atom is 0.287 e. The summed E-state index contributed by atoms with van der Waals surface area (Å²) in [7, 11) is 3.65. The summed E-state index contributed by atoms with van der Waals surface area (Å²) >= 11 is 6.16. The highest BCUT2D eigenvalue weighted by molar-refractivity contribution is 6.32. The van der Waals surface area contributed by atoms with Crippen LogP contribution in [0.2, 0.25) is 5.02 Å². The fourth-order valence-electron chi connectivity index (χ4n) is 3.34. The minimum Gasteiger partial charge on any atom is -0.378 e. The molecule has 0 bridgehead atoms. The van der Waals surface area contributed by atoms with E-state index in [-0.39, 0.29) is 16.6 Å². The monoisotopic (exact) mass is 360 g/mol. The van der Waals surface area contributed by atoms with Crippen LogP contribution in [0.1, 0.15) is 28.3 Å². The number of carbonyl (C=O) groups excluding carboxylic acids is 1. The number of halogens is 1. The Morgan fingerprint density at radius 2 is 1.96 bits per heavy atom. The van der Waals surface area contributed by atoms with Gasteiger partial charge < -0.3 is 10.2 Å². The van der Waals surface area contributed by atoms with Crippen molar-refractivity contribution in [1.29, 1.82) is 0 Å². The first-order valence-corrected chi connectivity index (χ1v) is 8.57. The zero-order valence-corrected chi connectivity index (χ0v) is 15.0. The first kappa shape index (κ1) is 17.6. The number of aldehydes is 1. The van der Waals surface area contributed by atoms with Crippen LogP contribution in [0.3, 0.4) is 0 Å². The molecule has 2 heterocycles. The number of likely N-dealkylation sites (N-methyl/N-ethyl adjacent to an activating group) is 1. The van der Waals surface area contributed by atoms with Gasteiger partial charge in [-0.3, -0.25) is 9.59 Å². The van der Waals surface area contributed by atoms with Gasteiger partial charge in [-0.15, -0.1) is 0 Å². The Kier molecular flexibility index (Phi) is 5.20. The van der Waals surface area contributed by atoms with Crippen molar-refractivity contribution in [3.8, 4) is 0 Å². The largest absolute Gasteiger partial charge is 0.378 e. The van der Waals surface area contributed by atoms with Gasteiger partial charge >= 0.3 is 0 Å². The lowest BCUT2D eigenvalue weighted by Crippen LogP contribution is -2.43. The standard InChI is InChI=1S/C18H21ClN4O2/c1-22-9-14(13-5-3-12(11-24)4-6-13)7-15(10-22)21-16-8-20-23(2)18(25)17(16)19/h3-6,8,11,14-15,21H,7,9-10H2,1-2H3/t14-,15+/m0/s1. The van der Waals surface area contributed by atoms with Crippen molar-refractivity contribution < 1.29 is 4.79 Å². The van der Waals surface area contributed by atoms with E-state index >= 15 is 0 Å². The molecule has 1 fully saturated rings. The Bertz CT molecular complexity index is 819. The van der Waals surface area contributed by atoms with Crippen LogP contribution in [0.4, 0.5) is 5.69 Å². The van der Waals surface area contributed by atoms with Gasteiger partial charge in [-0.1, -0.05) is 35.9 Å². The summed E-state index contributed by atoms with van der Waals surface area (Å²) in [5, 5.41) is 7.56. The number of rotatable bonds is 4. The molecule has 132 valence electrons. The van der Waals surface area contributed by atoms with Gasteiger partial charge in [0.15, 0.2) is 0 Å². The van der Waals surface area contributed by atoms with Gasteiger partial charge in [0.2, 0.25) is 0 Å². The number of hydrogen-bond acceptors (Lipinski definition) is 5. The Hall–Kier alpha value is -2.18. The molecule has 1 saturated heterocycles. The van der Waals surface area contributed by atoms with Crippen LogP contribution in [0, 0.1) is 0 Å². The van der Waals surface area contributed by atoms with Crippen LogP contribution < -0.4 is 10.9 Å². The molecule has 2 aromatic rings. The normalized spacial score (nSPS) is 21.1.